The van der Waals surface area contributed by atoms with Gasteiger partial charge in [-0.05, 0) is 24.6 Å². The number of oxazole rings is 1. The summed E-state index contributed by atoms with van der Waals surface area (Å²) >= 11 is 0. The molecule has 1 saturated heterocycles. The predicted molar refractivity (Wildman–Crippen MR) is 103 cm³/mol. The maximum atomic E-state index is 5.88. The van der Waals surface area contributed by atoms with Gasteiger partial charge in [-0.1, -0.05) is 11.2 Å². The van der Waals surface area contributed by atoms with Crippen LogP contribution in [-0.4, -0.2) is 46.2 Å². The van der Waals surface area contributed by atoms with Gasteiger partial charge in [0.25, 0.3) is 6.01 Å². The van der Waals surface area contributed by atoms with Gasteiger partial charge in [0.2, 0.25) is 5.89 Å². The van der Waals surface area contributed by atoms with Crippen molar-refractivity contribution < 1.29 is 8.94 Å². The fourth-order valence-corrected chi connectivity index (χ4v) is 2.90. The third kappa shape index (κ3) is 4.27. The van der Waals surface area contributed by atoms with Gasteiger partial charge < -0.3 is 19.6 Å². The van der Waals surface area contributed by atoms with Crippen LogP contribution in [0, 0.1) is 6.92 Å². The van der Waals surface area contributed by atoms with Crippen LogP contribution in [0.2, 0.25) is 0 Å². The zero-order valence-corrected chi connectivity index (χ0v) is 16.1. The number of anilines is 1. The van der Waals surface area contributed by atoms with Crippen molar-refractivity contribution in [2.24, 2.45) is 5.73 Å². The molecule has 8 nitrogen and oxygen atoms in total. The van der Waals surface area contributed by atoms with Crippen molar-refractivity contribution in [1.82, 2.24) is 20.0 Å². The Kier molecular flexibility index (Phi) is 6.82. The van der Waals surface area contributed by atoms with E-state index in [0.29, 0.717) is 24.3 Å². The predicted octanol–water partition coefficient (Wildman–Crippen LogP) is 2.14. The highest BCUT2D eigenvalue weighted by atomic mass is 35.5. The van der Waals surface area contributed by atoms with Crippen molar-refractivity contribution >= 4 is 41.9 Å². The summed E-state index contributed by atoms with van der Waals surface area (Å²) in [7, 11) is 0. The molecule has 0 radical (unpaired) electrons. The lowest BCUT2D eigenvalue weighted by atomic mass is 10.2. The van der Waals surface area contributed by atoms with Crippen molar-refractivity contribution in [2.45, 2.75) is 20.0 Å². The lowest BCUT2D eigenvalue weighted by Gasteiger charge is -2.32. The van der Waals surface area contributed by atoms with Gasteiger partial charge in [-0.3, -0.25) is 4.90 Å². The van der Waals surface area contributed by atoms with Crippen LogP contribution in [0.25, 0.3) is 11.1 Å². The second-order valence-electron chi connectivity index (χ2n) is 6.04. The fraction of sp³-hybridized carbons (Fsp3) is 0.438. The highest BCUT2D eigenvalue weighted by Gasteiger charge is 2.22. The molecule has 0 spiro atoms. The Labute approximate surface area is 163 Å². The van der Waals surface area contributed by atoms with Crippen molar-refractivity contribution in [1.29, 1.82) is 0 Å². The van der Waals surface area contributed by atoms with Crippen molar-refractivity contribution in [3.8, 4) is 0 Å². The smallest absolute Gasteiger partial charge is 0.298 e. The number of hydrogen-bond acceptors (Lipinski definition) is 8. The van der Waals surface area contributed by atoms with E-state index in [4.69, 9.17) is 14.7 Å². The number of benzene rings is 1. The number of nitrogens with two attached hydrogens (primary N) is 1. The molecule has 1 aliphatic heterocycles. The SMILES string of the molecule is Cc1ccc2oc(N3CCN(Cc4noc(CN)n4)CC3)nc2c1.Cl.Cl. The van der Waals surface area contributed by atoms with Gasteiger partial charge in [0, 0.05) is 26.2 Å². The molecule has 0 saturated carbocycles. The van der Waals surface area contributed by atoms with Crippen LogP contribution in [0.4, 0.5) is 6.01 Å². The molecule has 26 heavy (non-hydrogen) atoms. The van der Waals surface area contributed by atoms with E-state index in [1.807, 2.05) is 18.2 Å². The van der Waals surface area contributed by atoms with Gasteiger partial charge in [0.1, 0.15) is 5.52 Å². The van der Waals surface area contributed by atoms with Gasteiger partial charge in [0.05, 0.1) is 13.1 Å². The molecule has 1 aliphatic rings. The molecule has 1 fully saturated rings. The number of aromatic nitrogens is 3. The first-order valence-corrected chi connectivity index (χ1v) is 8.07. The Morgan fingerprint density at radius 3 is 2.58 bits per heavy atom. The fourth-order valence-electron chi connectivity index (χ4n) is 2.90. The Bertz CT molecular complexity index is 844. The van der Waals surface area contributed by atoms with Gasteiger partial charge in [-0.25, -0.2) is 0 Å². The standard InChI is InChI=1S/C16H20N6O2.2ClH/c1-11-2-3-13-12(8-11)18-16(23-13)22-6-4-21(5-7-22)10-14-19-15(9-17)24-20-14;;/h2-3,8H,4-7,9-10,17H2,1H3;2*1H. The summed E-state index contributed by atoms with van der Waals surface area (Å²) in [4.78, 5) is 13.3. The average Bonchev–Trinajstić information content (AvgIpc) is 3.21. The number of hydrogen-bond donors (Lipinski definition) is 1. The van der Waals surface area contributed by atoms with Crippen LogP contribution < -0.4 is 10.6 Å². The summed E-state index contributed by atoms with van der Waals surface area (Å²) in [5.74, 6) is 1.16. The van der Waals surface area contributed by atoms with E-state index in [-0.39, 0.29) is 31.4 Å². The lowest BCUT2D eigenvalue weighted by Crippen LogP contribution is -2.46. The minimum Gasteiger partial charge on any atom is -0.423 e. The minimum atomic E-state index is 0. The van der Waals surface area contributed by atoms with Gasteiger partial charge in [0.15, 0.2) is 11.4 Å². The van der Waals surface area contributed by atoms with E-state index >= 15 is 0 Å². The van der Waals surface area contributed by atoms with E-state index in [0.717, 1.165) is 37.3 Å². The summed E-state index contributed by atoms with van der Waals surface area (Å²) in [6.07, 6.45) is 0. The summed E-state index contributed by atoms with van der Waals surface area (Å²) in [5.41, 5.74) is 8.41. The van der Waals surface area contributed by atoms with Gasteiger partial charge >= 0.3 is 0 Å². The number of nitrogens with zero attached hydrogens (tertiary/aromatic N) is 5. The van der Waals surface area contributed by atoms with Crippen LogP contribution in [0.3, 0.4) is 0 Å². The van der Waals surface area contributed by atoms with E-state index in [2.05, 4.69) is 31.8 Å². The normalized spacial score (nSPS) is 14.9. The number of aryl methyl sites for hydroxylation is 1. The first-order chi connectivity index (χ1) is 11.7. The van der Waals surface area contributed by atoms with Crippen LogP contribution in [0.5, 0.6) is 0 Å². The molecule has 2 aromatic heterocycles. The molecule has 0 aliphatic carbocycles. The Morgan fingerprint density at radius 1 is 1.12 bits per heavy atom. The highest BCUT2D eigenvalue weighted by molar-refractivity contribution is 5.85. The summed E-state index contributed by atoms with van der Waals surface area (Å²) in [6.45, 7) is 6.50. The molecule has 0 unspecified atom stereocenters. The number of halogens is 2. The molecule has 3 heterocycles. The maximum Gasteiger partial charge on any atom is 0.298 e. The van der Waals surface area contributed by atoms with Crippen molar-refractivity contribution in [2.75, 3.05) is 31.1 Å². The monoisotopic (exact) mass is 400 g/mol. The van der Waals surface area contributed by atoms with E-state index in [1.165, 1.54) is 5.56 Å². The topological polar surface area (TPSA) is 97.5 Å². The van der Waals surface area contributed by atoms with E-state index < -0.39 is 0 Å². The Hall–Kier alpha value is -1.87. The molecule has 2 N–H and O–H groups in total. The molecule has 4 rings (SSSR count). The van der Waals surface area contributed by atoms with Crippen molar-refractivity contribution in [3.63, 3.8) is 0 Å². The van der Waals surface area contributed by atoms with Gasteiger partial charge in [-0.2, -0.15) is 9.97 Å². The Balaban J connectivity index is 0.00000121. The first kappa shape index (κ1) is 20.4. The third-order valence-corrected chi connectivity index (χ3v) is 4.22. The van der Waals surface area contributed by atoms with Gasteiger partial charge in [-0.15, -0.1) is 24.8 Å². The minimum absolute atomic E-state index is 0. The molecule has 10 heteroatoms. The molecule has 0 bridgehead atoms. The van der Waals surface area contributed by atoms with Crippen LogP contribution >= 0.6 is 24.8 Å². The first-order valence-electron chi connectivity index (χ1n) is 8.07. The molecular formula is C16H22Cl2N6O2. The quantitative estimate of drug-likeness (QED) is 0.710. The molecule has 1 aromatic carbocycles. The summed E-state index contributed by atoms with van der Waals surface area (Å²) in [5, 5.41) is 3.94. The van der Waals surface area contributed by atoms with Crippen molar-refractivity contribution in [3.05, 3.63) is 35.5 Å². The number of fused-ring (bicyclic) bond motifs is 1. The highest BCUT2D eigenvalue weighted by Crippen LogP contribution is 2.23. The molecule has 3 aromatic rings. The molecule has 0 amide bonds. The maximum absolute atomic E-state index is 5.88. The number of piperazine rings is 1. The Morgan fingerprint density at radius 2 is 1.88 bits per heavy atom. The zero-order chi connectivity index (χ0) is 16.5. The molecule has 0 atom stereocenters. The van der Waals surface area contributed by atoms with E-state index in [9.17, 15) is 0 Å². The average molecular weight is 401 g/mol. The lowest BCUT2D eigenvalue weighted by molar-refractivity contribution is 0.236. The second kappa shape index (κ2) is 8.68. The third-order valence-electron chi connectivity index (χ3n) is 4.22. The summed E-state index contributed by atoms with van der Waals surface area (Å²) in [6, 6.07) is 6.75. The second-order valence-corrected chi connectivity index (χ2v) is 6.04. The van der Waals surface area contributed by atoms with Crippen LogP contribution in [0.1, 0.15) is 17.3 Å². The zero-order valence-electron chi connectivity index (χ0n) is 14.4. The largest absolute Gasteiger partial charge is 0.423 e. The van der Waals surface area contributed by atoms with E-state index in [1.54, 1.807) is 0 Å². The van der Waals surface area contributed by atoms with Crippen LogP contribution in [-0.2, 0) is 13.1 Å². The van der Waals surface area contributed by atoms with Crippen LogP contribution in [0.15, 0.2) is 27.1 Å². The molecular weight excluding hydrogens is 379 g/mol. The summed E-state index contributed by atoms with van der Waals surface area (Å²) < 4.78 is 10.9. The molecule has 142 valence electrons. The number of rotatable bonds is 4.